The Bertz CT molecular complexity index is 117. The Morgan fingerprint density at radius 1 is 1.25 bits per heavy atom. The number of piperidine rings is 1. The molecule has 1 heterocycles. The highest BCUT2D eigenvalue weighted by atomic mass is 15.2. The molecule has 0 saturated carbocycles. The highest BCUT2D eigenvalue weighted by Crippen LogP contribution is 2.06. The zero-order valence-electron chi connectivity index (χ0n) is 7.89. The molecule has 1 aliphatic heterocycles. The third kappa shape index (κ3) is 3.88. The van der Waals surface area contributed by atoms with Crippen molar-refractivity contribution in [1.82, 2.24) is 10.2 Å². The molecule has 0 bridgehead atoms. The molecular weight excluding hydrogens is 148 g/mol. The molecular formula is C10H20N2. The predicted molar refractivity (Wildman–Crippen MR) is 53.1 cm³/mol. The Labute approximate surface area is 75.6 Å². The van der Waals surface area contributed by atoms with Crippen LogP contribution in [-0.2, 0) is 0 Å². The van der Waals surface area contributed by atoms with Crippen LogP contribution in [0.25, 0.3) is 0 Å². The van der Waals surface area contributed by atoms with Crippen molar-refractivity contribution in [2.24, 2.45) is 0 Å². The monoisotopic (exact) mass is 168 g/mol. The van der Waals surface area contributed by atoms with Gasteiger partial charge in [-0.3, -0.25) is 4.90 Å². The molecule has 2 heteroatoms. The molecule has 1 N–H and O–H groups in total. The molecule has 0 radical (unpaired) electrons. The Morgan fingerprint density at radius 3 is 2.67 bits per heavy atom. The first-order valence-electron chi connectivity index (χ1n) is 4.97. The lowest BCUT2D eigenvalue weighted by Gasteiger charge is -2.26. The number of rotatable bonds is 5. The van der Waals surface area contributed by atoms with E-state index in [1.54, 1.807) is 0 Å². The molecule has 0 amide bonds. The first kappa shape index (κ1) is 9.75. The van der Waals surface area contributed by atoms with Crippen LogP contribution < -0.4 is 5.32 Å². The van der Waals surface area contributed by atoms with Crippen LogP contribution in [0, 0.1) is 0 Å². The lowest BCUT2D eigenvalue weighted by atomic mass is 10.1. The fourth-order valence-corrected chi connectivity index (χ4v) is 1.56. The van der Waals surface area contributed by atoms with E-state index in [0.29, 0.717) is 0 Å². The van der Waals surface area contributed by atoms with Crippen molar-refractivity contribution in [2.45, 2.75) is 25.7 Å². The summed E-state index contributed by atoms with van der Waals surface area (Å²) < 4.78 is 0. The second-order valence-electron chi connectivity index (χ2n) is 3.41. The molecule has 1 fully saturated rings. The molecule has 12 heavy (non-hydrogen) atoms. The van der Waals surface area contributed by atoms with Crippen LogP contribution in [0.4, 0.5) is 0 Å². The van der Waals surface area contributed by atoms with Crippen LogP contribution in [-0.4, -0.2) is 31.2 Å². The maximum atomic E-state index is 3.69. The van der Waals surface area contributed by atoms with E-state index >= 15 is 0 Å². The largest absolute Gasteiger partial charge is 0.304 e. The highest BCUT2D eigenvalue weighted by Gasteiger charge is 2.07. The first-order valence-corrected chi connectivity index (χ1v) is 4.97. The van der Waals surface area contributed by atoms with Crippen molar-refractivity contribution in [1.29, 1.82) is 0 Å². The van der Waals surface area contributed by atoms with E-state index in [-0.39, 0.29) is 0 Å². The van der Waals surface area contributed by atoms with Gasteiger partial charge >= 0.3 is 0 Å². The predicted octanol–water partition coefficient (Wildman–Crippen LogP) is 1.60. The Kier molecular flexibility index (Phi) is 5.04. The summed E-state index contributed by atoms with van der Waals surface area (Å²) in [6.45, 7) is 8.38. The minimum atomic E-state index is 1.06. The summed E-state index contributed by atoms with van der Waals surface area (Å²) in [6, 6.07) is 0. The molecule has 0 aliphatic carbocycles. The van der Waals surface area contributed by atoms with Gasteiger partial charge in [-0.25, -0.2) is 0 Å². The third-order valence-corrected chi connectivity index (χ3v) is 2.31. The first-order chi connectivity index (χ1) is 5.93. The Balaban J connectivity index is 1.94. The van der Waals surface area contributed by atoms with E-state index < -0.39 is 0 Å². The molecule has 70 valence electrons. The standard InChI is InChI=1S/C10H20N2/c1-2-3-7-11-10-12-8-5-4-6-9-12/h2,11H,1,3-10H2. The normalized spacial score (nSPS) is 19.3. The number of nitrogens with zero attached hydrogens (tertiary/aromatic N) is 1. The molecule has 0 aromatic rings. The smallest absolute Gasteiger partial charge is 0.0480 e. The van der Waals surface area contributed by atoms with Gasteiger partial charge in [0.25, 0.3) is 0 Å². The van der Waals surface area contributed by atoms with Crippen molar-refractivity contribution in [2.75, 3.05) is 26.3 Å². The van der Waals surface area contributed by atoms with E-state index in [1.807, 2.05) is 6.08 Å². The quantitative estimate of drug-likeness (QED) is 0.495. The molecule has 2 nitrogen and oxygen atoms in total. The van der Waals surface area contributed by atoms with Crippen LogP contribution in [0.3, 0.4) is 0 Å². The number of nitrogens with one attached hydrogen (secondary N) is 1. The fourth-order valence-electron chi connectivity index (χ4n) is 1.56. The van der Waals surface area contributed by atoms with E-state index in [9.17, 15) is 0 Å². The summed E-state index contributed by atoms with van der Waals surface area (Å²) in [4.78, 5) is 2.49. The second kappa shape index (κ2) is 6.21. The summed E-state index contributed by atoms with van der Waals surface area (Å²) >= 11 is 0. The van der Waals surface area contributed by atoms with Crippen LogP contribution in [0.5, 0.6) is 0 Å². The number of likely N-dealkylation sites (tertiary alicyclic amines) is 1. The van der Waals surface area contributed by atoms with Crippen molar-refractivity contribution in [3.05, 3.63) is 12.7 Å². The highest BCUT2D eigenvalue weighted by molar-refractivity contribution is 4.68. The van der Waals surface area contributed by atoms with Crippen molar-refractivity contribution in [3.63, 3.8) is 0 Å². The van der Waals surface area contributed by atoms with Gasteiger partial charge in [0.05, 0.1) is 0 Å². The van der Waals surface area contributed by atoms with Crippen LogP contribution >= 0.6 is 0 Å². The summed E-state index contributed by atoms with van der Waals surface area (Å²) in [5.74, 6) is 0. The minimum absolute atomic E-state index is 1.06. The molecule has 0 atom stereocenters. The third-order valence-electron chi connectivity index (χ3n) is 2.31. The number of hydrogen-bond donors (Lipinski definition) is 1. The molecule has 1 rings (SSSR count). The zero-order valence-corrected chi connectivity index (χ0v) is 7.89. The van der Waals surface area contributed by atoms with E-state index in [2.05, 4.69) is 16.8 Å². The molecule has 1 aliphatic rings. The summed E-state index contributed by atoms with van der Waals surface area (Å²) in [6.07, 6.45) is 7.21. The SMILES string of the molecule is C=CCCNCN1CCCCC1. The molecule has 1 saturated heterocycles. The van der Waals surface area contributed by atoms with Crippen LogP contribution in [0.2, 0.25) is 0 Å². The van der Waals surface area contributed by atoms with Gasteiger partial charge in [-0.2, -0.15) is 0 Å². The Morgan fingerprint density at radius 2 is 2.00 bits per heavy atom. The Hall–Kier alpha value is -0.340. The van der Waals surface area contributed by atoms with Gasteiger partial charge in [0.2, 0.25) is 0 Å². The molecule has 0 unspecified atom stereocenters. The average Bonchev–Trinajstić information content (AvgIpc) is 2.14. The molecule has 0 aromatic heterocycles. The van der Waals surface area contributed by atoms with Crippen LogP contribution in [0.15, 0.2) is 12.7 Å². The number of hydrogen-bond acceptors (Lipinski definition) is 2. The maximum Gasteiger partial charge on any atom is 0.0480 e. The summed E-state index contributed by atoms with van der Waals surface area (Å²) in [5.41, 5.74) is 0. The van der Waals surface area contributed by atoms with Gasteiger partial charge < -0.3 is 5.32 Å². The van der Waals surface area contributed by atoms with Crippen molar-refractivity contribution >= 4 is 0 Å². The van der Waals surface area contributed by atoms with Crippen LogP contribution in [0.1, 0.15) is 25.7 Å². The van der Waals surface area contributed by atoms with E-state index in [1.165, 1.54) is 32.4 Å². The van der Waals surface area contributed by atoms with Gasteiger partial charge in [0.15, 0.2) is 0 Å². The van der Waals surface area contributed by atoms with Crippen molar-refractivity contribution in [3.8, 4) is 0 Å². The van der Waals surface area contributed by atoms with Gasteiger partial charge in [0, 0.05) is 6.67 Å². The average molecular weight is 168 g/mol. The molecule has 0 aromatic carbocycles. The molecule has 0 spiro atoms. The van der Waals surface area contributed by atoms with Gasteiger partial charge in [-0.05, 0) is 38.9 Å². The summed E-state index contributed by atoms with van der Waals surface area (Å²) in [7, 11) is 0. The fraction of sp³-hybridized carbons (Fsp3) is 0.800. The van der Waals surface area contributed by atoms with E-state index in [4.69, 9.17) is 0 Å². The second-order valence-corrected chi connectivity index (χ2v) is 3.41. The topological polar surface area (TPSA) is 15.3 Å². The summed E-state index contributed by atoms with van der Waals surface area (Å²) in [5, 5.41) is 3.41. The lowest BCUT2D eigenvalue weighted by molar-refractivity contribution is 0.213. The van der Waals surface area contributed by atoms with E-state index in [0.717, 1.165) is 19.6 Å². The zero-order chi connectivity index (χ0) is 8.65. The van der Waals surface area contributed by atoms with Gasteiger partial charge in [-0.15, -0.1) is 6.58 Å². The lowest BCUT2D eigenvalue weighted by Crippen LogP contribution is -2.38. The maximum absolute atomic E-state index is 3.69. The van der Waals surface area contributed by atoms with Crippen molar-refractivity contribution < 1.29 is 0 Å². The van der Waals surface area contributed by atoms with Gasteiger partial charge in [0.1, 0.15) is 0 Å². The minimum Gasteiger partial charge on any atom is -0.304 e. The van der Waals surface area contributed by atoms with Gasteiger partial charge in [-0.1, -0.05) is 12.5 Å².